The number of amides is 2. The van der Waals surface area contributed by atoms with Crippen molar-refractivity contribution in [1.82, 2.24) is 9.97 Å². The molecule has 0 radical (unpaired) electrons. The topological polar surface area (TPSA) is 96.0 Å². The van der Waals surface area contributed by atoms with Crippen molar-refractivity contribution < 1.29 is 9.59 Å². The third-order valence-electron chi connectivity index (χ3n) is 3.65. The fraction of sp³-hybridized carbons (Fsp3) is 0.100. The number of nitrogens with zero attached hydrogens (tertiary/aromatic N) is 2. The van der Waals surface area contributed by atoms with Crippen molar-refractivity contribution in [2.45, 2.75) is 13.8 Å². The second-order valence-electron chi connectivity index (χ2n) is 5.99. The summed E-state index contributed by atoms with van der Waals surface area (Å²) in [6.45, 7) is 3.44. The number of carbonyl (C=O) groups is 2. The van der Waals surface area contributed by atoms with Crippen LogP contribution in [0.15, 0.2) is 60.9 Å². The zero-order valence-corrected chi connectivity index (χ0v) is 15.0. The number of hydrogen-bond donors (Lipinski definition) is 3. The van der Waals surface area contributed by atoms with E-state index in [1.807, 2.05) is 31.2 Å². The number of aryl methyl sites for hydroxylation is 1. The van der Waals surface area contributed by atoms with Crippen LogP contribution in [0.1, 0.15) is 23.0 Å². The summed E-state index contributed by atoms with van der Waals surface area (Å²) in [5.74, 6) is -0.0200. The van der Waals surface area contributed by atoms with Crippen LogP contribution in [0.4, 0.5) is 22.9 Å². The molecule has 136 valence electrons. The van der Waals surface area contributed by atoms with Gasteiger partial charge in [0.15, 0.2) is 0 Å². The Bertz CT molecular complexity index is 953. The molecular formula is C20H19N5O2. The summed E-state index contributed by atoms with van der Waals surface area (Å²) in [6.07, 6.45) is 2.91. The molecule has 0 unspecified atom stereocenters. The third-order valence-corrected chi connectivity index (χ3v) is 3.65. The first-order chi connectivity index (χ1) is 13.0. The van der Waals surface area contributed by atoms with Crippen molar-refractivity contribution in [3.63, 3.8) is 0 Å². The zero-order valence-electron chi connectivity index (χ0n) is 15.0. The van der Waals surface area contributed by atoms with Gasteiger partial charge in [0.25, 0.3) is 5.91 Å². The van der Waals surface area contributed by atoms with Gasteiger partial charge in [0, 0.05) is 24.0 Å². The number of benzene rings is 2. The van der Waals surface area contributed by atoms with E-state index < -0.39 is 0 Å². The van der Waals surface area contributed by atoms with Crippen LogP contribution in [0, 0.1) is 6.92 Å². The second-order valence-corrected chi connectivity index (χ2v) is 5.99. The molecule has 3 aromatic rings. The van der Waals surface area contributed by atoms with Gasteiger partial charge in [0.1, 0.15) is 11.5 Å². The largest absolute Gasteiger partial charge is 0.339 e. The maximum Gasteiger partial charge on any atom is 0.275 e. The van der Waals surface area contributed by atoms with Crippen LogP contribution < -0.4 is 16.0 Å². The van der Waals surface area contributed by atoms with Crippen molar-refractivity contribution in [2.24, 2.45) is 0 Å². The molecule has 3 rings (SSSR count). The highest BCUT2D eigenvalue weighted by Gasteiger charge is 2.09. The lowest BCUT2D eigenvalue weighted by Crippen LogP contribution is -2.14. The van der Waals surface area contributed by atoms with Gasteiger partial charge in [0.2, 0.25) is 5.91 Å². The van der Waals surface area contributed by atoms with Crippen LogP contribution in [0.3, 0.4) is 0 Å². The van der Waals surface area contributed by atoms with Gasteiger partial charge < -0.3 is 16.0 Å². The summed E-state index contributed by atoms with van der Waals surface area (Å²) in [6, 6.07) is 14.7. The van der Waals surface area contributed by atoms with E-state index in [0.29, 0.717) is 17.2 Å². The molecule has 2 amide bonds. The number of anilines is 4. The first kappa shape index (κ1) is 18.1. The number of aromatic nitrogens is 2. The van der Waals surface area contributed by atoms with Crippen LogP contribution in [0.2, 0.25) is 0 Å². The molecule has 3 N–H and O–H groups in total. The highest BCUT2D eigenvalue weighted by atomic mass is 16.2. The van der Waals surface area contributed by atoms with E-state index in [2.05, 4.69) is 25.9 Å². The van der Waals surface area contributed by atoms with Crippen molar-refractivity contribution >= 4 is 34.7 Å². The van der Waals surface area contributed by atoms with Gasteiger partial charge in [-0.1, -0.05) is 23.8 Å². The lowest BCUT2D eigenvalue weighted by molar-refractivity contribution is -0.114. The van der Waals surface area contributed by atoms with E-state index in [4.69, 9.17) is 0 Å². The molecule has 2 aromatic carbocycles. The van der Waals surface area contributed by atoms with Gasteiger partial charge in [0.05, 0.1) is 12.4 Å². The average Bonchev–Trinajstić information content (AvgIpc) is 2.64. The van der Waals surface area contributed by atoms with Crippen molar-refractivity contribution in [2.75, 3.05) is 16.0 Å². The molecule has 7 heteroatoms. The Morgan fingerprint density at radius 1 is 0.852 bits per heavy atom. The second kappa shape index (κ2) is 8.09. The number of nitrogens with one attached hydrogen (secondary N) is 3. The Morgan fingerprint density at radius 3 is 2.19 bits per heavy atom. The smallest absolute Gasteiger partial charge is 0.275 e. The van der Waals surface area contributed by atoms with Crippen molar-refractivity contribution in [3.8, 4) is 0 Å². The third kappa shape index (κ3) is 5.12. The molecule has 0 aliphatic heterocycles. The molecule has 1 aromatic heterocycles. The van der Waals surface area contributed by atoms with E-state index >= 15 is 0 Å². The lowest BCUT2D eigenvalue weighted by atomic mass is 10.2. The Labute approximate surface area is 156 Å². The monoisotopic (exact) mass is 361 g/mol. The summed E-state index contributed by atoms with van der Waals surface area (Å²) >= 11 is 0. The zero-order chi connectivity index (χ0) is 19.2. The SMILES string of the molecule is CC(=O)Nc1cccc(NC(=O)c2cnc(Nc3ccc(C)cc3)cn2)c1. The quantitative estimate of drug-likeness (QED) is 0.643. The molecule has 0 bridgehead atoms. The van der Waals surface area contributed by atoms with Gasteiger partial charge in [-0.05, 0) is 37.3 Å². The van der Waals surface area contributed by atoms with Crippen LogP contribution in [0.5, 0.6) is 0 Å². The predicted molar refractivity (Wildman–Crippen MR) is 105 cm³/mol. The summed E-state index contributed by atoms with van der Waals surface area (Å²) in [7, 11) is 0. The molecule has 0 fully saturated rings. The van der Waals surface area contributed by atoms with Crippen LogP contribution in [-0.4, -0.2) is 21.8 Å². The van der Waals surface area contributed by atoms with Gasteiger partial charge >= 0.3 is 0 Å². The Hall–Kier alpha value is -3.74. The van der Waals surface area contributed by atoms with Crippen LogP contribution >= 0.6 is 0 Å². The average molecular weight is 361 g/mol. The standard InChI is InChI=1S/C20H19N5O2/c1-13-6-8-15(9-7-13)24-19-12-21-18(11-22-19)20(27)25-17-5-3-4-16(10-17)23-14(2)26/h3-12H,1-2H3,(H,22,24)(H,23,26)(H,25,27). The van der Waals surface area contributed by atoms with E-state index in [1.54, 1.807) is 24.3 Å². The molecule has 7 nitrogen and oxygen atoms in total. The number of rotatable bonds is 5. The molecule has 0 aliphatic carbocycles. The normalized spacial score (nSPS) is 10.1. The summed E-state index contributed by atoms with van der Waals surface area (Å²) in [5.41, 5.74) is 3.40. The first-order valence-electron chi connectivity index (χ1n) is 8.34. The van der Waals surface area contributed by atoms with E-state index in [0.717, 1.165) is 5.69 Å². The minimum absolute atomic E-state index is 0.180. The maximum absolute atomic E-state index is 12.3. The Morgan fingerprint density at radius 2 is 1.56 bits per heavy atom. The Balaban J connectivity index is 1.65. The summed E-state index contributed by atoms with van der Waals surface area (Å²) in [5, 5.41) is 8.53. The van der Waals surface area contributed by atoms with Crippen molar-refractivity contribution in [1.29, 1.82) is 0 Å². The molecule has 0 saturated carbocycles. The van der Waals surface area contributed by atoms with E-state index in [1.165, 1.54) is 24.9 Å². The van der Waals surface area contributed by atoms with Crippen LogP contribution in [0.25, 0.3) is 0 Å². The molecule has 0 aliphatic rings. The number of carbonyl (C=O) groups excluding carboxylic acids is 2. The molecule has 1 heterocycles. The van der Waals surface area contributed by atoms with Crippen LogP contribution in [-0.2, 0) is 4.79 Å². The Kier molecular flexibility index (Phi) is 5.41. The minimum atomic E-state index is -0.385. The lowest BCUT2D eigenvalue weighted by Gasteiger charge is -2.08. The molecule has 0 atom stereocenters. The molecule has 0 saturated heterocycles. The summed E-state index contributed by atoms with van der Waals surface area (Å²) in [4.78, 5) is 31.8. The fourth-order valence-corrected chi connectivity index (χ4v) is 2.37. The fourth-order valence-electron chi connectivity index (χ4n) is 2.37. The minimum Gasteiger partial charge on any atom is -0.339 e. The van der Waals surface area contributed by atoms with Gasteiger partial charge in [-0.25, -0.2) is 9.97 Å². The molecular weight excluding hydrogens is 342 g/mol. The van der Waals surface area contributed by atoms with Crippen molar-refractivity contribution in [3.05, 3.63) is 72.2 Å². The highest BCUT2D eigenvalue weighted by Crippen LogP contribution is 2.17. The maximum atomic E-state index is 12.3. The number of hydrogen-bond acceptors (Lipinski definition) is 5. The van der Waals surface area contributed by atoms with Gasteiger partial charge in [-0.3, -0.25) is 9.59 Å². The molecule has 0 spiro atoms. The van der Waals surface area contributed by atoms with Gasteiger partial charge in [-0.2, -0.15) is 0 Å². The van der Waals surface area contributed by atoms with Gasteiger partial charge in [-0.15, -0.1) is 0 Å². The molecule has 27 heavy (non-hydrogen) atoms. The predicted octanol–water partition coefficient (Wildman–Crippen LogP) is 3.74. The van der Waals surface area contributed by atoms with E-state index in [-0.39, 0.29) is 17.5 Å². The summed E-state index contributed by atoms with van der Waals surface area (Å²) < 4.78 is 0. The highest BCUT2D eigenvalue weighted by molar-refractivity contribution is 6.03. The first-order valence-corrected chi connectivity index (χ1v) is 8.34. The van der Waals surface area contributed by atoms with E-state index in [9.17, 15) is 9.59 Å².